The molecule has 2 rings (SSSR count). The second-order valence-electron chi connectivity index (χ2n) is 5.63. The summed E-state index contributed by atoms with van der Waals surface area (Å²) in [4.78, 5) is 25.0. The van der Waals surface area contributed by atoms with Crippen LogP contribution >= 0.6 is 0 Å². The van der Waals surface area contributed by atoms with E-state index in [1.54, 1.807) is 24.3 Å². The van der Waals surface area contributed by atoms with Crippen molar-refractivity contribution in [2.45, 2.75) is 19.8 Å². The Balaban J connectivity index is 1.98. The van der Waals surface area contributed by atoms with Gasteiger partial charge in [0.25, 0.3) is 5.91 Å². The van der Waals surface area contributed by atoms with E-state index in [0.29, 0.717) is 37.0 Å². The molecule has 1 unspecified atom stereocenters. The average Bonchev–Trinajstić information content (AvgIpc) is 2.58. The van der Waals surface area contributed by atoms with E-state index in [-0.39, 0.29) is 5.91 Å². The summed E-state index contributed by atoms with van der Waals surface area (Å²) in [5, 5.41) is 8.65. The van der Waals surface area contributed by atoms with Crippen LogP contribution < -0.4 is 4.74 Å². The van der Waals surface area contributed by atoms with E-state index in [0.717, 1.165) is 19.4 Å². The lowest BCUT2D eigenvalue weighted by Crippen LogP contribution is -2.41. The number of carboxylic acid groups (broad SMARTS) is 1. The maximum absolute atomic E-state index is 12.6. The van der Waals surface area contributed by atoms with Crippen LogP contribution in [0.5, 0.6) is 5.75 Å². The summed E-state index contributed by atoms with van der Waals surface area (Å²) in [7, 11) is 0. The van der Waals surface area contributed by atoms with Crippen molar-refractivity contribution in [1.29, 1.82) is 0 Å². The first-order valence-electron chi connectivity index (χ1n) is 7.91. The van der Waals surface area contributed by atoms with Gasteiger partial charge >= 0.3 is 5.97 Å². The molecule has 1 heterocycles. The van der Waals surface area contributed by atoms with Gasteiger partial charge in [-0.1, -0.05) is 6.07 Å². The van der Waals surface area contributed by atoms with Gasteiger partial charge in [-0.3, -0.25) is 4.79 Å². The fraction of sp³-hybridized carbons (Fsp3) is 0.529. The molecule has 23 heavy (non-hydrogen) atoms. The van der Waals surface area contributed by atoms with Gasteiger partial charge in [-0.25, -0.2) is 4.79 Å². The zero-order valence-electron chi connectivity index (χ0n) is 13.4. The van der Waals surface area contributed by atoms with Crippen molar-refractivity contribution in [2.24, 2.45) is 5.92 Å². The SMILES string of the molecule is CCOCC1CCCN(C(=O)c2cccc(OCC(=O)O)c2)C1. The fourth-order valence-electron chi connectivity index (χ4n) is 2.72. The molecular formula is C17H23NO5. The van der Waals surface area contributed by atoms with Crippen molar-refractivity contribution in [2.75, 3.05) is 32.9 Å². The van der Waals surface area contributed by atoms with Crippen LogP contribution in [0.25, 0.3) is 0 Å². The van der Waals surface area contributed by atoms with Crippen LogP contribution in [0.15, 0.2) is 24.3 Å². The lowest BCUT2D eigenvalue weighted by molar-refractivity contribution is -0.139. The summed E-state index contributed by atoms with van der Waals surface area (Å²) in [6, 6.07) is 6.67. The Morgan fingerprint density at radius 1 is 1.39 bits per heavy atom. The predicted octanol–water partition coefficient (Wildman–Crippen LogP) is 2.04. The molecule has 6 heteroatoms. The van der Waals surface area contributed by atoms with Crippen LogP contribution in [0, 0.1) is 5.92 Å². The Bertz CT molecular complexity index is 546. The third-order valence-electron chi connectivity index (χ3n) is 3.81. The van der Waals surface area contributed by atoms with Crippen molar-refractivity contribution >= 4 is 11.9 Å². The van der Waals surface area contributed by atoms with Gasteiger partial charge in [0.2, 0.25) is 0 Å². The molecule has 0 aromatic heterocycles. The summed E-state index contributed by atoms with van der Waals surface area (Å²) in [5.74, 6) is -0.330. The Morgan fingerprint density at radius 2 is 2.22 bits per heavy atom. The number of aliphatic carboxylic acids is 1. The van der Waals surface area contributed by atoms with Crippen LogP contribution in [0.4, 0.5) is 0 Å². The van der Waals surface area contributed by atoms with Gasteiger partial charge in [-0.2, -0.15) is 0 Å². The van der Waals surface area contributed by atoms with Gasteiger partial charge in [-0.05, 0) is 43.9 Å². The van der Waals surface area contributed by atoms with Crippen LogP contribution in [0.3, 0.4) is 0 Å². The molecule has 0 spiro atoms. The molecule has 1 N–H and O–H groups in total. The number of likely N-dealkylation sites (tertiary alicyclic amines) is 1. The van der Waals surface area contributed by atoms with Gasteiger partial charge in [0, 0.05) is 25.3 Å². The molecule has 1 aliphatic heterocycles. The molecule has 6 nitrogen and oxygen atoms in total. The monoisotopic (exact) mass is 321 g/mol. The molecule has 1 amide bonds. The molecule has 1 aromatic carbocycles. The van der Waals surface area contributed by atoms with Crippen LogP contribution in [0.1, 0.15) is 30.1 Å². The fourth-order valence-corrected chi connectivity index (χ4v) is 2.72. The van der Waals surface area contributed by atoms with Gasteiger partial charge in [0.05, 0.1) is 6.61 Å². The summed E-state index contributed by atoms with van der Waals surface area (Å²) >= 11 is 0. The molecule has 1 saturated heterocycles. The Labute approximate surface area is 136 Å². The maximum Gasteiger partial charge on any atom is 0.341 e. The van der Waals surface area contributed by atoms with Gasteiger partial charge < -0.3 is 19.5 Å². The third-order valence-corrected chi connectivity index (χ3v) is 3.81. The molecule has 0 radical (unpaired) electrons. The highest BCUT2D eigenvalue weighted by Gasteiger charge is 2.24. The number of carbonyl (C=O) groups excluding carboxylic acids is 1. The van der Waals surface area contributed by atoms with E-state index in [2.05, 4.69) is 0 Å². The standard InChI is InChI=1S/C17H23NO5/c1-2-22-11-13-5-4-8-18(10-13)17(21)14-6-3-7-15(9-14)23-12-16(19)20/h3,6-7,9,13H,2,4-5,8,10-12H2,1H3,(H,19,20). The number of benzene rings is 1. The lowest BCUT2D eigenvalue weighted by atomic mass is 9.98. The number of hydrogen-bond donors (Lipinski definition) is 1. The average molecular weight is 321 g/mol. The normalized spacial score (nSPS) is 17.8. The predicted molar refractivity (Wildman–Crippen MR) is 84.7 cm³/mol. The highest BCUT2D eigenvalue weighted by atomic mass is 16.5. The van der Waals surface area contributed by atoms with Gasteiger partial charge in [0.1, 0.15) is 5.75 Å². The summed E-state index contributed by atoms with van der Waals surface area (Å²) in [6.07, 6.45) is 2.05. The zero-order chi connectivity index (χ0) is 16.7. The lowest BCUT2D eigenvalue weighted by Gasteiger charge is -2.32. The topological polar surface area (TPSA) is 76.1 Å². The summed E-state index contributed by atoms with van der Waals surface area (Å²) < 4.78 is 10.6. The molecule has 0 saturated carbocycles. The minimum absolute atomic E-state index is 0.0491. The number of amides is 1. The summed E-state index contributed by atoms with van der Waals surface area (Å²) in [5.41, 5.74) is 0.518. The van der Waals surface area contributed by atoms with Crippen LogP contribution in [-0.2, 0) is 9.53 Å². The highest BCUT2D eigenvalue weighted by Crippen LogP contribution is 2.21. The second-order valence-corrected chi connectivity index (χ2v) is 5.63. The highest BCUT2D eigenvalue weighted by molar-refractivity contribution is 5.94. The van der Waals surface area contributed by atoms with Crippen molar-refractivity contribution in [3.05, 3.63) is 29.8 Å². The Kier molecular flexibility index (Phi) is 6.40. The minimum atomic E-state index is -1.04. The molecule has 1 fully saturated rings. The van der Waals surface area contributed by atoms with Gasteiger partial charge in [-0.15, -0.1) is 0 Å². The van der Waals surface area contributed by atoms with E-state index < -0.39 is 12.6 Å². The van der Waals surface area contributed by atoms with Crippen LogP contribution in [0.2, 0.25) is 0 Å². The first-order chi connectivity index (χ1) is 11.1. The molecule has 1 aliphatic rings. The third kappa shape index (κ3) is 5.25. The van der Waals surface area contributed by atoms with Crippen molar-refractivity contribution in [1.82, 2.24) is 4.90 Å². The Hall–Kier alpha value is -2.08. The zero-order valence-corrected chi connectivity index (χ0v) is 13.4. The molecule has 1 atom stereocenters. The van der Waals surface area contributed by atoms with E-state index in [1.165, 1.54) is 0 Å². The maximum atomic E-state index is 12.6. The number of carbonyl (C=O) groups is 2. The summed E-state index contributed by atoms with van der Waals surface area (Å²) in [6.45, 7) is 4.35. The van der Waals surface area contributed by atoms with Crippen molar-refractivity contribution < 1.29 is 24.2 Å². The molecule has 0 aliphatic carbocycles. The quantitative estimate of drug-likeness (QED) is 0.831. The number of ether oxygens (including phenoxy) is 2. The number of rotatable bonds is 7. The van der Waals surface area contributed by atoms with E-state index in [4.69, 9.17) is 14.6 Å². The van der Waals surface area contributed by atoms with Crippen LogP contribution in [-0.4, -0.2) is 54.8 Å². The first kappa shape index (κ1) is 17.3. The van der Waals surface area contributed by atoms with Gasteiger partial charge in [0.15, 0.2) is 6.61 Å². The van der Waals surface area contributed by atoms with Crippen molar-refractivity contribution in [3.63, 3.8) is 0 Å². The largest absolute Gasteiger partial charge is 0.482 e. The molecule has 0 bridgehead atoms. The number of nitrogens with zero attached hydrogens (tertiary/aromatic N) is 1. The molecule has 1 aromatic rings. The smallest absolute Gasteiger partial charge is 0.341 e. The first-order valence-corrected chi connectivity index (χ1v) is 7.91. The van der Waals surface area contributed by atoms with E-state index >= 15 is 0 Å². The van der Waals surface area contributed by atoms with E-state index in [9.17, 15) is 9.59 Å². The number of piperidine rings is 1. The number of hydrogen-bond acceptors (Lipinski definition) is 4. The second kappa shape index (κ2) is 8.53. The molecular weight excluding hydrogens is 298 g/mol. The Morgan fingerprint density at radius 3 is 2.96 bits per heavy atom. The van der Waals surface area contributed by atoms with Crippen molar-refractivity contribution in [3.8, 4) is 5.75 Å². The minimum Gasteiger partial charge on any atom is -0.482 e. The van der Waals surface area contributed by atoms with E-state index in [1.807, 2.05) is 11.8 Å². The number of carboxylic acids is 1. The molecule has 126 valence electrons.